The lowest BCUT2D eigenvalue weighted by molar-refractivity contribution is 0.465. The number of fused-ring (bicyclic) bond motifs is 1. The molecule has 2 N–H and O–H groups in total. The average molecular weight is 329 g/mol. The van der Waals surface area contributed by atoms with Crippen molar-refractivity contribution in [2.45, 2.75) is 64.2 Å². The van der Waals surface area contributed by atoms with E-state index in [1.165, 1.54) is 25.7 Å². The molecule has 128 valence electrons. The van der Waals surface area contributed by atoms with Crippen molar-refractivity contribution in [2.75, 3.05) is 0 Å². The van der Waals surface area contributed by atoms with Gasteiger partial charge in [-0.15, -0.1) is 5.10 Å². The van der Waals surface area contributed by atoms with E-state index in [0.29, 0.717) is 23.4 Å². The molecule has 4 heteroatoms. The van der Waals surface area contributed by atoms with Crippen LogP contribution in [0.25, 0.3) is 0 Å². The molecule has 4 nitrogen and oxygen atoms in total. The van der Waals surface area contributed by atoms with Crippen molar-refractivity contribution in [3.8, 4) is 5.75 Å². The molecule has 0 saturated heterocycles. The molecule has 0 bridgehead atoms. The number of unbranched alkanes of at least 4 members (excludes halogenated alkanes) is 5. The highest BCUT2D eigenvalue weighted by molar-refractivity contribution is 5.49. The minimum Gasteiger partial charge on any atom is -0.508 e. The van der Waals surface area contributed by atoms with E-state index in [2.05, 4.69) is 17.2 Å². The summed E-state index contributed by atoms with van der Waals surface area (Å²) in [6.45, 7) is 2.21. The van der Waals surface area contributed by atoms with Crippen LogP contribution in [0.15, 0.2) is 30.4 Å². The molecular formula is C20H27N3O. The van der Waals surface area contributed by atoms with Crippen molar-refractivity contribution in [1.82, 2.24) is 15.4 Å². The van der Waals surface area contributed by atoms with E-state index >= 15 is 0 Å². The van der Waals surface area contributed by atoms with E-state index in [1.54, 1.807) is 12.1 Å². The van der Waals surface area contributed by atoms with Crippen LogP contribution in [0.3, 0.4) is 0 Å². The van der Waals surface area contributed by atoms with Crippen LogP contribution < -0.4 is 0 Å². The highest BCUT2D eigenvalue weighted by Crippen LogP contribution is 2.37. The van der Waals surface area contributed by atoms with E-state index in [1.807, 2.05) is 18.2 Å². The number of nitrogens with one attached hydrogen (secondary N) is 1. The zero-order valence-corrected chi connectivity index (χ0v) is 14.3. The third-order valence-electron chi connectivity index (χ3n) is 4.63. The Morgan fingerprint density at radius 1 is 1.29 bits per heavy atom. The number of aromatic nitrogens is 3. The number of hydrogen-bond acceptors (Lipinski definition) is 3. The van der Waals surface area contributed by atoms with Crippen LogP contribution >= 0.6 is 0 Å². The van der Waals surface area contributed by atoms with E-state index < -0.39 is 5.89 Å². The minimum absolute atomic E-state index is 0.0992. The van der Waals surface area contributed by atoms with Crippen molar-refractivity contribution in [1.29, 1.82) is 0 Å². The zero-order valence-electron chi connectivity index (χ0n) is 16.3. The summed E-state index contributed by atoms with van der Waals surface area (Å²) in [6.07, 6.45) is 12.2. The Balaban J connectivity index is 1.87. The van der Waals surface area contributed by atoms with Gasteiger partial charge in [-0.1, -0.05) is 68.5 Å². The highest BCUT2D eigenvalue weighted by atomic mass is 16.3. The molecule has 0 saturated carbocycles. The maximum Gasteiger partial charge on any atom is 0.192 e. The molecule has 1 aromatic heterocycles. The second-order valence-corrected chi connectivity index (χ2v) is 6.43. The van der Waals surface area contributed by atoms with Gasteiger partial charge in [0.25, 0.3) is 0 Å². The molecule has 1 aromatic carbocycles. The van der Waals surface area contributed by atoms with Gasteiger partial charge in [-0.05, 0) is 24.5 Å². The summed E-state index contributed by atoms with van der Waals surface area (Å²) >= 11 is 0. The van der Waals surface area contributed by atoms with E-state index in [9.17, 15) is 5.11 Å². The second kappa shape index (κ2) is 8.13. The number of phenolic OH excluding ortho intramolecular Hbond substituents is 1. The number of allylic oxidation sites excluding steroid dienone is 2. The maximum absolute atomic E-state index is 10.6. The summed E-state index contributed by atoms with van der Waals surface area (Å²) in [6, 6.07) is 5.44. The lowest BCUT2D eigenvalue weighted by Crippen LogP contribution is -2.09. The first-order chi connectivity index (χ1) is 12.6. The van der Waals surface area contributed by atoms with Crippen LogP contribution in [0.4, 0.5) is 0 Å². The predicted molar refractivity (Wildman–Crippen MR) is 96.3 cm³/mol. The van der Waals surface area contributed by atoms with E-state index in [4.69, 9.17) is 2.78 Å². The Kier molecular flexibility index (Phi) is 4.83. The number of nitrogens with zero attached hydrogens (tertiary/aromatic N) is 2. The molecule has 1 aliphatic rings. The van der Waals surface area contributed by atoms with Gasteiger partial charge in [0.05, 0.1) is 11.4 Å². The van der Waals surface area contributed by atoms with Gasteiger partial charge in [-0.3, -0.25) is 5.09 Å². The molecule has 0 fully saturated rings. The van der Waals surface area contributed by atoms with Gasteiger partial charge in [-0.25, -0.2) is 0 Å². The van der Waals surface area contributed by atoms with Gasteiger partial charge in [0, 0.05) is 19.2 Å². The second-order valence-electron chi connectivity index (χ2n) is 6.43. The summed E-state index contributed by atoms with van der Waals surface area (Å²) < 4.78 is 17.1. The Labute approximate surface area is 146 Å². The van der Waals surface area contributed by atoms with Gasteiger partial charge in [0.2, 0.25) is 0 Å². The molecule has 3 rings (SSSR count). The molecule has 1 aliphatic carbocycles. The van der Waals surface area contributed by atoms with Crippen LogP contribution in [0, 0.1) is 0 Å². The van der Waals surface area contributed by atoms with Gasteiger partial charge in [0.15, 0.2) is 1.41 Å². The van der Waals surface area contributed by atoms with Crippen molar-refractivity contribution in [3.05, 3.63) is 52.9 Å². The third kappa shape index (κ3) is 3.69. The summed E-state index contributed by atoms with van der Waals surface area (Å²) in [4.78, 5) is 0. The molecule has 0 amide bonds. The van der Waals surface area contributed by atoms with Crippen LogP contribution in [0.1, 0.15) is 75.2 Å². The number of hydrogen-bond donors (Lipinski definition) is 2. The molecule has 1 heterocycles. The quantitative estimate of drug-likeness (QED) is 0.547. The molecule has 24 heavy (non-hydrogen) atoms. The molecular weight excluding hydrogens is 298 g/mol. The van der Waals surface area contributed by atoms with E-state index in [0.717, 1.165) is 29.9 Å². The molecule has 1 unspecified atom stereocenters. The van der Waals surface area contributed by atoms with Crippen LogP contribution in [-0.2, 0) is 12.8 Å². The number of benzene rings is 1. The maximum atomic E-state index is 10.6. The predicted octanol–water partition coefficient (Wildman–Crippen LogP) is 4.66. The first kappa shape index (κ1) is 14.3. The molecule has 1 atom stereocenters. The summed E-state index contributed by atoms with van der Waals surface area (Å²) in [5.74, 6) is -1.23. The lowest BCUT2D eigenvalue weighted by Gasteiger charge is -2.21. The van der Waals surface area contributed by atoms with E-state index in [-0.39, 0.29) is 5.75 Å². The van der Waals surface area contributed by atoms with Crippen molar-refractivity contribution < 1.29 is 7.89 Å². The van der Waals surface area contributed by atoms with Crippen molar-refractivity contribution >= 4 is 0 Å². The number of rotatable bonds is 8. The standard InChI is InChI=1S/C20H27N3O/c1-2-3-4-5-6-7-10-15-11-8-14-18(24)19(15)16-12-9-13-17-20(16)22-23-21-17/h8-9,11-12,14,16,24H,2-7,10,13H2,1H3,(H,21,22,23)/i16T/hT. The van der Waals surface area contributed by atoms with Crippen molar-refractivity contribution in [3.63, 3.8) is 0 Å². The molecule has 0 spiro atoms. The zero-order chi connectivity index (χ0) is 18.6. The summed E-state index contributed by atoms with van der Waals surface area (Å²) in [7, 11) is 0. The normalized spacial score (nSPS) is 20.5. The minimum atomic E-state index is -1.33. The van der Waals surface area contributed by atoms with Gasteiger partial charge < -0.3 is 5.11 Å². The number of aromatic hydroxyl groups is 1. The van der Waals surface area contributed by atoms with Gasteiger partial charge >= 0.3 is 0 Å². The Morgan fingerprint density at radius 3 is 3.00 bits per heavy atom. The third-order valence-corrected chi connectivity index (χ3v) is 4.63. The molecule has 2 aromatic rings. The fraction of sp³-hybridized carbons (Fsp3) is 0.500. The first-order valence-electron chi connectivity index (χ1n) is 9.96. The number of aryl methyl sites for hydroxylation is 1. The Morgan fingerprint density at radius 2 is 2.12 bits per heavy atom. The van der Waals surface area contributed by atoms with Gasteiger partial charge in [0.1, 0.15) is 5.75 Å². The first-order valence-corrected chi connectivity index (χ1v) is 9.01. The number of H-pyrrole nitrogens is 1. The Bertz CT molecular complexity index is 787. The fourth-order valence-corrected chi connectivity index (χ4v) is 3.34. The largest absolute Gasteiger partial charge is 0.508 e. The molecule has 0 radical (unpaired) electrons. The van der Waals surface area contributed by atoms with Crippen LogP contribution in [0.5, 0.6) is 5.75 Å². The van der Waals surface area contributed by atoms with Crippen molar-refractivity contribution in [2.24, 2.45) is 0 Å². The number of aromatic amines is 1. The summed E-state index contributed by atoms with van der Waals surface area (Å²) in [5.41, 5.74) is 2.58. The topological polar surface area (TPSA) is 61.8 Å². The lowest BCUT2D eigenvalue weighted by atomic mass is 9.85. The highest BCUT2D eigenvalue weighted by Gasteiger charge is 2.25. The average Bonchev–Trinajstić information content (AvgIpc) is 3.00. The fourth-order valence-electron chi connectivity index (χ4n) is 3.34. The monoisotopic (exact) mass is 329 g/mol. The Hall–Kier alpha value is -2.10. The SMILES string of the molecule is [3H]n1nnc2c1C([3H])(c1c(O)cccc1CCCCCCCC)C=CC2. The smallest absolute Gasteiger partial charge is 0.192 e. The molecule has 0 aliphatic heterocycles. The number of phenols is 1. The van der Waals surface area contributed by atoms with Gasteiger partial charge in [-0.2, -0.15) is 0 Å². The van der Waals surface area contributed by atoms with Crippen LogP contribution in [0.2, 0.25) is 1.41 Å². The summed E-state index contributed by atoms with van der Waals surface area (Å²) in [5, 5.41) is 19.3. The van der Waals surface area contributed by atoms with Crippen LogP contribution in [-0.4, -0.2) is 20.5 Å².